The smallest absolute Gasteiger partial charge is 0.277 e. The first-order valence-corrected chi connectivity index (χ1v) is 12.4. The van der Waals surface area contributed by atoms with Crippen molar-refractivity contribution in [3.8, 4) is 17.2 Å². The van der Waals surface area contributed by atoms with Crippen LogP contribution in [-0.2, 0) is 4.79 Å². The molecular formula is C25H21N3O3S2. The fraction of sp³-hybridized carbons (Fsp3) is 0.160. The molecule has 2 heterocycles. The summed E-state index contributed by atoms with van der Waals surface area (Å²) in [6, 6.07) is 25.6. The Bertz CT molecular complexity index is 1260. The lowest BCUT2D eigenvalue weighted by molar-refractivity contribution is -0.116. The number of amides is 1. The quantitative estimate of drug-likeness (QED) is 0.331. The maximum Gasteiger partial charge on any atom is 0.277 e. The molecule has 5 rings (SSSR count). The fourth-order valence-electron chi connectivity index (χ4n) is 3.81. The number of carbonyl (C=O) groups is 1. The molecule has 1 amide bonds. The Labute approximate surface area is 200 Å². The lowest BCUT2D eigenvalue weighted by Gasteiger charge is -2.37. The van der Waals surface area contributed by atoms with E-state index in [0.717, 1.165) is 27.5 Å². The Kier molecular flexibility index (Phi) is 6.37. The van der Waals surface area contributed by atoms with Crippen molar-refractivity contribution in [3.05, 3.63) is 84.4 Å². The van der Waals surface area contributed by atoms with E-state index in [2.05, 4.69) is 28.4 Å². The number of hydrogen-bond acceptors (Lipinski definition) is 7. The molecule has 8 heteroatoms. The normalized spacial score (nSPS) is 15.2. The van der Waals surface area contributed by atoms with Crippen LogP contribution in [0, 0.1) is 0 Å². The van der Waals surface area contributed by atoms with E-state index in [9.17, 15) is 4.79 Å². The molecule has 0 fully saturated rings. The van der Waals surface area contributed by atoms with Crippen LogP contribution in [0.25, 0.3) is 11.5 Å². The molecule has 0 unspecified atom stereocenters. The molecule has 0 aliphatic carbocycles. The van der Waals surface area contributed by atoms with Gasteiger partial charge >= 0.3 is 0 Å². The van der Waals surface area contributed by atoms with Crippen LogP contribution in [-0.4, -0.2) is 34.7 Å². The van der Waals surface area contributed by atoms with E-state index < -0.39 is 0 Å². The van der Waals surface area contributed by atoms with Crippen molar-refractivity contribution >= 4 is 35.1 Å². The summed E-state index contributed by atoms with van der Waals surface area (Å²) < 4.78 is 11.2. The van der Waals surface area contributed by atoms with Crippen LogP contribution in [0.1, 0.15) is 11.6 Å². The first-order valence-electron chi connectivity index (χ1n) is 10.4. The van der Waals surface area contributed by atoms with Gasteiger partial charge in [-0.25, -0.2) is 0 Å². The highest BCUT2D eigenvalue weighted by Crippen LogP contribution is 2.43. The summed E-state index contributed by atoms with van der Waals surface area (Å²) in [5.41, 5.74) is 2.78. The molecule has 1 aliphatic rings. The first kappa shape index (κ1) is 21.6. The predicted octanol–water partition coefficient (Wildman–Crippen LogP) is 5.72. The summed E-state index contributed by atoms with van der Waals surface area (Å²) in [6.07, 6.45) is 0. The van der Waals surface area contributed by atoms with Gasteiger partial charge in [0.25, 0.3) is 11.1 Å². The van der Waals surface area contributed by atoms with Gasteiger partial charge in [-0.2, -0.15) is 0 Å². The molecule has 1 aromatic heterocycles. The van der Waals surface area contributed by atoms with E-state index in [1.165, 1.54) is 11.8 Å². The van der Waals surface area contributed by atoms with Gasteiger partial charge in [0.1, 0.15) is 5.75 Å². The van der Waals surface area contributed by atoms with Crippen molar-refractivity contribution < 1.29 is 13.9 Å². The Morgan fingerprint density at radius 3 is 2.67 bits per heavy atom. The average molecular weight is 476 g/mol. The van der Waals surface area contributed by atoms with Crippen molar-refractivity contribution in [2.24, 2.45) is 0 Å². The first-order chi connectivity index (χ1) is 16.2. The number of rotatable bonds is 6. The molecule has 0 radical (unpaired) electrons. The zero-order valence-electron chi connectivity index (χ0n) is 17.9. The zero-order chi connectivity index (χ0) is 22.6. The predicted molar refractivity (Wildman–Crippen MR) is 131 cm³/mol. The van der Waals surface area contributed by atoms with Gasteiger partial charge in [-0.15, -0.1) is 22.0 Å². The summed E-state index contributed by atoms with van der Waals surface area (Å²) >= 11 is 3.02. The number of anilines is 1. The molecule has 6 nitrogen and oxygen atoms in total. The molecule has 3 aromatic carbocycles. The van der Waals surface area contributed by atoms with Crippen LogP contribution in [0.2, 0.25) is 0 Å². The van der Waals surface area contributed by atoms with E-state index in [-0.39, 0.29) is 17.7 Å². The molecule has 0 N–H and O–H groups in total. The van der Waals surface area contributed by atoms with Crippen LogP contribution in [0.3, 0.4) is 0 Å². The molecule has 0 saturated carbocycles. The number of thioether (sulfide) groups is 2. The number of ether oxygens (including phenoxy) is 1. The third-order valence-corrected chi connectivity index (χ3v) is 7.29. The highest BCUT2D eigenvalue weighted by molar-refractivity contribution is 8.00. The van der Waals surface area contributed by atoms with Crippen molar-refractivity contribution in [3.63, 3.8) is 0 Å². The molecular weight excluding hydrogens is 454 g/mol. The second-order valence-electron chi connectivity index (χ2n) is 7.33. The standard InChI is InChI=1S/C25H21N3O3S2/c1-30-21-13-7-5-11-18(21)24-26-27-25(31-24)33-16-23(29)28-19-12-6-8-14-22(19)32-15-20(28)17-9-3-2-4-10-17/h2-14,20H,15-16H2,1H3/t20-/m1/s1. The van der Waals surface area contributed by atoms with Crippen LogP contribution in [0.5, 0.6) is 5.75 Å². The van der Waals surface area contributed by atoms with E-state index in [1.54, 1.807) is 18.9 Å². The highest BCUT2D eigenvalue weighted by atomic mass is 32.2. The number of fused-ring (bicyclic) bond motifs is 1. The van der Waals surface area contributed by atoms with Crippen LogP contribution in [0.15, 0.2) is 93.4 Å². The van der Waals surface area contributed by atoms with E-state index in [0.29, 0.717) is 16.9 Å². The number of methoxy groups -OCH3 is 1. The summed E-state index contributed by atoms with van der Waals surface area (Å²) in [5.74, 6) is 2.01. The SMILES string of the molecule is COc1ccccc1-c1nnc(SCC(=O)N2c3ccccc3SC[C@@H]2c2ccccc2)o1. The van der Waals surface area contributed by atoms with Crippen molar-refractivity contribution in [2.75, 3.05) is 23.5 Å². The van der Waals surface area contributed by atoms with Gasteiger partial charge in [-0.1, -0.05) is 66.4 Å². The highest BCUT2D eigenvalue weighted by Gasteiger charge is 2.32. The zero-order valence-corrected chi connectivity index (χ0v) is 19.5. The summed E-state index contributed by atoms with van der Waals surface area (Å²) in [6.45, 7) is 0. The van der Waals surface area contributed by atoms with E-state index in [1.807, 2.05) is 65.6 Å². The number of para-hydroxylation sites is 2. The lowest BCUT2D eigenvalue weighted by atomic mass is 10.1. The molecule has 0 spiro atoms. The Hall–Kier alpha value is -3.23. The third-order valence-electron chi connectivity index (χ3n) is 5.35. The van der Waals surface area contributed by atoms with Crippen LogP contribution >= 0.6 is 23.5 Å². The molecule has 0 saturated heterocycles. The monoisotopic (exact) mass is 475 g/mol. The van der Waals surface area contributed by atoms with Gasteiger partial charge in [-0.3, -0.25) is 4.79 Å². The number of carbonyl (C=O) groups excluding carboxylic acids is 1. The maximum absolute atomic E-state index is 13.5. The largest absolute Gasteiger partial charge is 0.496 e. The van der Waals surface area contributed by atoms with Gasteiger partial charge < -0.3 is 14.1 Å². The number of aromatic nitrogens is 2. The van der Waals surface area contributed by atoms with Crippen LogP contribution < -0.4 is 9.64 Å². The summed E-state index contributed by atoms with van der Waals surface area (Å²) in [4.78, 5) is 16.5. The molecule has 4 aromatic rings. The van der Waals surface area contributed by atoms with Crippen molar-refractivity contribution in [2.45, 2.75) is 16.2 Å². The van der Waals surface area contributed by atoms with Gasteiger partial charge in [0, 0.05) is 10.6 Å². The van der Waals surface area contributed by atoms with Crippen LogP contribution in [0.4, 0.5) is 5.69 Å². The minimum Gasteiger partial charge on any atom is -0.496 e. The Morgan fingerprint density at radius 2 is 1.82 bits per heavy atom. The second kappa shape index (κ2) is 9.72. The van der Waals surface area contributed by atoms with Crippen molar-refractivity contribution in [1.29, 1.82) is 0 Å². The minimum absolute atomic E-state index is 0.00125. The number of hydrogen-bond donors (Lipinski definition) is 0. The molecule has 1 aliphatic heterocycles. The van der Waals surface area contributed by atoms with E-state index in [4.69, 9.17) is 9.15 Å². The van der Waals surface area contributed by atoms with Gasteiger partial charge in [0.05, 0.1) is 30.2 Å². The molecule has 166 valence electrons. The molecule has 1 atom stereocenters. The maximum atomic E-state index is 13.5. The van der Waals surface area contributed by atoms with Gasteiger partial charge in [0.15, 0.2) is 0 Å². The fourth-order valence-corrected chi connectivity index (χ4v) is 5.60. The topological polar surface area (TPSA) is 68.5 Å². The van der Waals surface area contributed by atoms with Gasteiger partial charge in [-0.05, 0) is 29.8 Å². The lowest BCUT2D eigenvalue weighted by Crippen LogP contribution is -2.39. The second-order valence-corrected chi connectivity index (χ2v) is 9.32. The summed E-state index contributed by atoms with van der Waals surface area (Å²) in [7, 11) is 1.60. The van der Waals surface area contributed by atoms with E-state index >= 15 is 0 Å². The number of nitrogens with zero attached hydrogens (tertiary/aromatic N) is 3. The van der Waals surface area contributed by atoms with Gasteiger partial charge in [0.2, 0.25) is 5.91 Å². The Morgan fingerprint density at radius 1 is 1.06 bits per heavy atom. The molecule has 33 heavy (non-hydrogen) atoms. The average Bonchev–Trinajstić information content (AvgIpc) is 3.36. The summed E-state index contributed by atoms with van der Waals surface area (Å²) in [5, 5.41) is 8.61. The minimum atomic E-state index is -0.0361. The third kappa shape index (κ3) is 4.49. The Balaban J connectivity index is 1.37. The van der Waals surface area contributed by atoms with Crippen molar-refractivity contribution in [1.82, 2.24) is 10.2 Å². The number of benzene rings is 3. The molecule has 0 bridgehead atoms.